The average Bonchev–Trinajstić information content (AvgIpc) is 2.55. The number of aromatic nitrogens is 2. The Labute approximate surface area is 107 Å². The number of thiophene rings is 1. The summed E-state index contributed by atoms with van der Waals surface area (Å²) in [5, 5.41) is 0. The van der Waals surface area contributed by atoms with Gasteiger partial charge >= 0.3 is 0 Å². The molecule has 0 saturated carbocycles. The molecule has 0 spiro atoms. The van der Waals surface area contributed by atoms with E-state index >= 15 is 0 Å². The number of aromatic amines is 2. The lowest BCUT2D eigenvalue weighted by molar-refractivity contribution is -0.0379. The van der Waals surface area contributed by atoms with Crippen LogP contribution in [0.25, 0.3) is 10.2 Å². The molecule has 3 rings (SSSR count). The molecule has 0 aromatic carbocycles. The molecule has 1 aliphatic rings. The van der Waals surface area contributed by atoms with Crippen LogP contribution in [0.3, 0.4) is 0 Å². The molecule has 0 bridgehead atoms. The van der Waals surface area contributed by atoms with Crippen LogP contribution in [0.4, 0.5) is 0 Å². The zero-order valence-corrected chi connectivity index (χ0v) is 11.2. The molecule has 90 valence electrons. The van der Waals surface area contributed by atoms with E-state index in [9.17, 15) is 4.79 Å². The van der Waals surface area contributed by atoms with Crippen molar-refractivity contribution in [2.24, 2.45) is 0 Å². The van der Waals surface area contributed by atoms with Crippen LogP contribution in [0.5, 0.6) is 0 Å². The standard InChI is InChI=1S/C11H12N2O2S2/c1-11(2)3-5-6(4-15-11)17-8-7(5)12-10(16)13-9(8)14/h3-4H2,1-2H3,(H2,12,13,14,16). The Morgan fingerprint density at radius 3 is 2.94 bits per heavy atom. The van der Waals surface area contributed by atoms with Gasteiger partial charge in [0.15, 0.2) is 4.77 Å². The molecule has 0 saturated heterocycles. The van der Waals surface area contributed by atoms with Crippen molar-refractivity contribution in [1.29, 1.82) is 0 Å². The Bertz CT molecular complexity index is 708. The van der Waals surface area contributed by atoms with Crippen LogP contribution in [0.15, 0.2) is 4.79 Å². The van der Waals surface area contributed by atoms with Crippen molar-refractivity contribution in [2.75, 3.05) is 0 Å². The number of hydrogen-bond donors (Lipinski definition) is 2. The summed E-state index contributed by atoms with van der Waals surface area (Å²) in [6, 6.07) is 0. The lowest BCUT2D eigenvalue weighted by Gasteiger charge is -2.29. The quantitative estimate of drug-likeness (QED) is 0.722. The van der Waals surface area contributed by atoms with Gasteiger partial charge in [0, 0.05) is 11.3 Å². The van der Waals surface area contributed by atoms with Gasteiger partial charge in [-0.25, -0.2) is 0 Å². The number of rotatable bonds is 0. The van der Waals surface area contributed by atoms with Gasteiger partial charge in [-0.1, -0.05) is 0 Å². The molecule has 0 atom stereocenters. The van der Waals surface area contributed by atoms with Gasteiger partial charge in [0.25, 0.3) is 5.56 Å². The number of ether oxygens (including phenoxy) is 1. The van der Waals surface area contributed by atoms with E-state index in [1.54, 1.807) is 0 Å². The Morgan fingerprint density at radius 2 is 2.18 bits per heavy atom. The van der Waals surface area contributed by atoms with E-state index in [-0.39, 0.29) is 11.2 Å². The van der Waals surface area contributed by atoms with Gasteiger partial charge in [0.05, 0.1) is 17.7 Å². The van der Waals surface area contributed by atoms with Crippen molar-refractivity contribution >= 4 is 33.8 Å². The molecule has 2 aromatic heterocycles. The number of nitrogens with one attached hydrogen (secondary N) is 2. The SMILES string of the molecule is CC1(C)Cc2c(sc3c(=O)[nH]c(=S)[nH]c23)CO1. The molecule has 3 heterocycles. The van der Waals surface area contributed by atoms with Crippen molar-refractivity contribution in [1.82, 2.24) is 9.97 Å². The fourth-order valence-electron chi connectivity index (χ4n) is 2.15. The van der Waals surface area contributed by atoms with E-state index in [1.807, 2.05) is 0 Å². The summed E-state index contributed by atoms with van der Waals surface area (Å²) in [6.45, 7) is 4.68. The van der Waals surface area contributed by atoms with Crippen LogP contribution in [0.1, 0.15) is 24.3 Å². The Hall–Kier alpha value is -0.980. The van der Waals surface area contributed by atoms with Crippen LogP contribution < -0.4 is 5.56 Å². The Kier molecular flexibility index (Phi) is 2.30. The molecule has 4 nitrogen and oxygen atoms in total. The maximum Gasteiger partial charge on any atom is 0.269 e. The van der Waals surface area contributed by atoms with Gasteiger partial charge in [0.1, 0.15) is 4.70 Å². The van der Waals surface area contributed by atoms with E-state index < -0.39 is 0 Å². The smallest absolute Gasteiger partial charge is 0.269 e. The molecule has 2 N–H and O–H groups in total. The van der Waals surface area contributed by atoms with Crippen LogP contribution >= 0.6 is 23.6 Å². The Balaban J connectivity index is 2.35. The summed E-state index contributed by atoms with van der Waals surface area (Å²) in [6.07, 6.45) is 0.803. The highest BCUT2D eigenvalue weighted by Crippen LogP contribution is 2.36. The van der Waals surface area contributed by atoms with Crippen LogP contribution in [0, 0.1) is 4.77 Å². The molecular formula is C11H12N2O2S2. The first-order chi connectivity index (χ1) is 7.96. The largest absolute Gasteiger partial charge is 0.370 e. The van der Waals surface area contributed by atoms with Crippen molar-refractivity contribution < 1.29 is 4.74 Å². The van der Waals surface area contributed by atoms with Crippen LogP contribution in [0.2, 0.25) is 0 Å². The van der Waals surface area contributed by atoms with Crippen molar-refractivity contribution in [3.63, 3.8) is 0 Å². The summed E-state index contributed by atoms with van der Waals surface area (Å²) in [7, 11) is 0. The molecule has 0 unspecified atom stereocenters. The summed E-state index contributed by atoms with van der Waals surface area (Å²) in [5.74, 6) is 0. The maximum atomic E-state index is 11.8. The zero-order valence-electron chi connectivity index (χ0n) is 9.55. The summed E-state index contributed by atoms with van der Waals surface area (Å²) >= 11 is 6.51. The number of hydrogen-bond acceptors (Lipinski definition) is 4. The molecule has 17 heavy (non-hydrogen) atoms. The highest BCUT2D eigenvalue weighted by molar-refractivity contribution is 7.71. The Morgan fingerprint density at radius 1 is 1.41 bits per heavy atom. The second-order valence-electron chi connectivity index (χ2n) is 4.84. The minimum atomic E-state index is -0.181. The second-order valence-corrected chi connectivity index (χ2v) is 6.35. The van der Waals surface area contributed by atoms with E-state index in [2.05, 4.69) is 23.8 Å². The molecule has 0 amide bonds. The maximum absolute atomic E-state index is 11.8. The third-order valence-electron chi connectivity index (χ3n) is 2.96. The summed E-state index contributed by atoms with van der Waals surface area (Å²) in [4.78, 5) is 18.6. The normalized spacial score (nSPS) is 18.2. The summed E-state index contributed by atoms with van der Waals surface area (Å²) < 4.78 is 6.84. The molecule has 2 aromatic rings. The first-order valence-corrected chi connectivity index (χ1v) is 6.59. The van der Waals surface area contributed by atoms with E-state index in [0.717, 1.165) is 16.8 Å². The zero-order chi connectivity index (χ0) is 12.2. The third kappa shape index (κ3) is 1.76. The van der Waals surface area contributed by atoms with E-state index in [1.165, 1.54) is 16.9 Å². The molecule has 0 fully saturated rings. The van der Waals surface area contributed by atoms with Gasteiger partial charge in [-0.3, -0.25) is 9.78 Å². The van der Waals surface area contributed by atoms with Crippen molar-refractivity contribution in [3.05, 3.63) is 25.6 Å². The highest BCUT2D eigenvalue weighted by atomic mass is 32.1. The monoisotopic (exact) mass is 268 g/mol. The lowest BCUT2D eigenvalue weighted by atomic mass is 9.95. The van der Waals surface area contributed by atoms with Gasteiger partial charge in [-0.15, -0.1) is 11.3 Å². The fraction of sp³-hybridized carbons (Fsp3) is 0.455. The van der Waals surface area contributed by atoms with E-state index in [4.69, 9.17) is 17.0 Å². The second kappa shape index (κ2) is 3.51. The van der Waals surface area contributed by atoms with Crippen LogP contribution in [-0.4, -0.2) is 15.6 Å². The van der Waals surface area contributed by atoms with Gasteiger partial charge in [-0.05, 0) is 31.6 Å². The third-order valence-corrected chi connectivity index (χ3v) is 4.37. The van der Waals surface area contributed by atoms with Gasteiger partial charge < -0.3 is 9.72 Å². The molecule has 0 radical (unpaired) electrons. The molecular weight excluding hydrogens is 256 g/mol. The number of H-pyrrole nitrogens is 2. The topological polar surface area (TPSA) is 57.9 Å². The van der Waals surface area contributed by atoms with Gasteiger partial charge in [0.2, 0.25) is 0 Å². The summed E-state index contributed by atoms with van der Waals surface area (Å²) in [5.41, 5.74) is 1.77. The minimum Gasteiger partial charge on any atom is -0.370 e. The predicted octanol–water partition coefficient (Wildman–Crippen LogP) is 2.50. The van der Waals surface area contributed by atoms with Crippen molar-refractivity contribution in [2.45, 2.75) is 32.5 Å². The molecule has 0 aliphatic carbocycles. The molecule has 1 aliphatic heterocycles. The molecule has 6 heteroatoms. The average molecular weight is 268 g/mol. The highest BCUT2D eigenvalue weighted by Gasteiger charge is 2.29. The van der Waals surface area contributed by atoms with E-state index in [0.29, 0.717) is 16.1 Å². The van der Waals surface area contributed by atoms with Crippen LogP contribution in [-0.2, 0) is 17.8 Å². The predicted molar refractivity (Wildman–Crippen MR) is 70.2 cm³/mol. The van der Waals surface area contributed by atoms with Crippen molar-refractivity contribution in [3.8, 4) is 0 Å². The lowest BCUT2D eigenvalue weighted by Crippen LogP contribution is -2.31. The first-order valence-electron chi connectivity index (χ1n) is 5.37. The minimum absolute atomic E-state index is 0.110. The first kappa shape index (κ1) is 11.1. The van der Waals surface area contributed by atoms with Gasteiger partial charge in [-0.2, -0.15) is 0 Å². The number of fused-ring (bicyclic) bond motifs is 3. The fourth-order valence-corrected chi connectivity index (χ4v) is 3.43.